The van der Waals surface area contributed by atoms with E-state index in [2.05, 4.69) is 37.4 Å². The number of fused-ring (bicyclic) bond motifs is 2. The molecule has 1 aliphatic rings. The zero-order valence-electron chi connectivity index (χ0n) is 17.3. The molecule has 2 heterocycles. The molecule has 4 aromatic rings. The van der Waals surface area contributed by atoms with Gasteiger partial charge in [-0.2, -0.15) is 9.78 Å². The Morgan fingerprint density at radius 2 is 2.06 bits per heavy atom. The van der Waals surface area contributed by atoms with Crippen LogP contribution in [0, 0.1) is 17.1 Å². The third-order valence-corrected chi connectivity index (χ3v) is 6.09. The summed E-state index contributed by atoms with van der Waals surface area (Å²) in [4.78, 5) is 13.1. The van der Waals surface area contributed by atoms with Gasteiger partial charge in [-0.3, -0.25) is 4.79 Å². The van der Waals surface area contributed by atoms with Crippen molar-refractivity contribution < 1.29 is 9.36 Å². The zero-order chi connectivity index (χ0) is 22.1. The van der Waals surface area contributed by atoms with Gasteiger partial charge >= 0.3 is 0 Å². The number of aromatic nitrogens is 5. The van der Waals surface area contributed by atoms with E-state index in [4.69, 9.17) is 18.6 Å². The van der Waals surface area contributed by atoms with Crippen LogP contribution in [0.5, 0.6) is 0 Å². The van der Waals surface area contributed by atoms with Crippen molar-refractivity contribution >= 4 is 34.7 Å². The maximum atomic E-state index is 13.1. The number of rotatable bonds is 4. The fraction of sp³-hybridized carbons (Fsp3) is 0.208. The largest absolute Gasteiger partial charge is 0.322 e. The first-order chi connectivity index (χ1) is 15.7. The highest BCUT2D eigenvalue weighted by Gasteiger charge is 2.23. The van der Waals surface area contributed by atoms with Crippen LogP contribution in [-0.4, -0.2) is 26.1 Å². The molecule has 2 aromatic heterocycles. The molecule has 2 aromatic carbocycles. The molecule has 32 heavy (non-hydrogen) atoms. The van der Waals surface area contributed by atoms with Gasteiger partial charge < -0.3 is 5.32 Å². The number of aryl methyl sites for hydroxylation is 1. The SMILES string of the molecule is C#CC[n+]1c2c(cc3cc(NC(=O)c4ccccc4-n4[nH]nnc4=S)ccc31)CCCC2. The Bertz CT molecular complexity index is 1450. The summed E-state index contributed by atoms with van der Waals surface area (Å²) < 4.78 is 3.98. The number of nitrogens with zero attached hydrogens (tertiary/aromatic N) is 4. The number of tetrazole rings is 1. The van der Waals surface area contributed by atoms with Crippen LogP contribution in [0.3, 0.4) is 0 Å². The summed E-state index contributed by atoms with van der Waals surface area (Å²) >= 11 is 5.19. The molecule has 2 N–H and O–H groups in total. The second kappa shape index (κ2) is 8.36. The quantitative estimate of drug-likeness (QED) is 0.289. The standard InChI is InChI=1S/C24H20N6OS/c1-2-13-29-20-9-5-3-7-16(20)14-17-15-18(11-12-21(17)29)25-23(31)19-8-4-6-10-22(19)30-24(32)26-27-28-30/h1,4,6,8,10-12,14-15H,3,5,7,9,13H2,(H-,25,26,28,31,32)/p+1. The summed E-state index contributed by atoms with van der Waals surface area (Å²) in [7, 11) is 0. The first kappa shape index (κ1) is 20.1. The molecule has 0 aliphatic heterocycles. The fourth-order valence-electron chi connectivity index (χ4n) is 4.39. The molecule has 0 bridgehead atoms. The lowest BCUT2D eigenvalue weighted by Crippen LogP contribution is -2.41. The van der Waals surface area contributed by atoms with Crippen LogP contribution in [0.2, 0.25) is 0 Å². The first-order valence-electron chi connectivity index (χ1n) is 10.5. The maximum Gasteiger partial charge on any atom is 0.257 e. The number of aromatic amines is 1. The molecule has 0 fully saturated rings. The highest BCUT2D eigenvalue weighted by Crippen LogP contribution is 2.25. The Morgan fingerprint density at radius 1 is 1.22 bits per heavy atom. The Morgan fingerprint density at radius 3 is 2.88 bits per heavy atom. The van der Waals surface area contributed by atoms with Gasteiger partial charge in [-0.05, 0) is 67.7 Å². The average molecular weight is 442 g/mol. The van der Waals surface area contributed by atoms with Crippen LogP contribution < -0.4 is 9.88 Å². The van der Waals surface area contributed by atoms with Crippen LogP contribution in [0.1, 0.15) is 34.5 Å². The van der Waals surface area contributed by atoms with Gasteiger partial charge in [0.05, 0.1) is 11.3 Å². The topological polar surface area (TPSA) is 79.5 Å². The van der Waals surface area contributed by atoms with Crippen molar-refractivity contribution in [1.82, 2.24) is 20.2 Å². The van der Waals surface area contributed by atoms with Crippen LogP contribution >= 0.6 is 12.2 Å². The van der Waals surface area contributed by atoms with E-state index in [1.807, 2.05) is 24.3 Å². The highest BCUT2D eigenvalue weighted by molar-refractivity contribution is 7.71. The number of anilines is 1. The Labute approximate surface area is 190 Å². The van der Waals surface area contributed by atoms with Crippen LogP contribution in [0.4, 0.5) is 5.69 Å². The minimum Gasteiger partial charge on any atom is -0.322 e. The van der Waals surface area contributed by atoms with E-state index in [0.717, 1.165) is 23.7 Å². The van der Waals surface area contributed by atoms with Crippen molar-refractivity contribution in [2.24, 2.45) is 0 Å². The molecule has 5 rings (SSSR count). The number of hydrogen-bond acceptors (Lipinski definition) is 4. The molecule has 0 saturated carbocycles. The number of para-hydroxylation sites is 1. The number of carbonyl (C=O) groups is 1. The lowest BCUT2D eigenvalue weighted by atomic mass is 9.94. The molecule has 0 saturated heterocycles. The predicted molar refractivity (Wildman–Crippen MR) is 124 cm³/mol. The number of amides is 1. The number of benzene rings is 2. The first-order valence-corrected chi connectivity index (χ1v) is 10.9. The van der Waals surface area contributed by atoms with E-state index in [9.17, 15) is 4.79 Å². The van der Waals surface area contributed by atoms with E-state index in [1.54, 1.807) is 18.2 Å². The molecule has 0 spiro atoms. The van der Waals surface area contributed by atoms with Crippen molar-refractivity contribution in [3.63, 3.8) is 0 Å². The van der Waals surface area contributed by atoms with Crippen molar-refractivity contribution in [3.05, 3.63) is 70.1 Å². The van der Waals surface area contributed by atoms with Gasteiger partial charge in [0.1, 0.15) is 0 Å². The van der Waals surface area contributed by atoms with Gasteiger partial charge in [0.2, 0.25) is 16.8 Å². The summed E-state index contributed by atoms with van der Waals surface area (Å²) in [5.41, 5.74) is 5.51. The number of terminal acetylenes is 1. The summed E-state index contributed by atoms with van der Waals surface area (Å²) in [5.74, 6) is 2.54. The fourth-order valence-corrected chi connectivity index (χ4v) is 4.57. The van der Waals surface area contributed by atoms with E-state index >= 15 is 0 Å². The van der Waals surface area contributed by atoms with Gasteiger partial charge in [-0.25, -0.2) is 4.68 Å². The third-order valence-electron chi connectivity index (χ3n) is 5.82. The monoisotopic (exact) mass is 441 g/mol. The molecule has 158 valence electrons. The van der Waals surface area contributed by atoms with Crippen LogP contribution in [0.25, 0.3) is 16.6 Å². The van der Waals surface area contributed by atoms with Crippen LogP contribution in [-0.2, 0) is 19.4 Å². The van der Waals surface area contributed by atoms with Gasteiger partial charge in [0.15, 0.2) is 5.69 Å². The van der Waals surface area contributed by atoms with Gasteiger partial charge in [0.25, 0.3) is 5.91 Å². The van der Waals surface area contributed by atoms with E-state index in [0.29, 0.717) is 23.5 Å². The molecular weight excluding hydrogens is 420 g/mol. The van der Waals surface area contributed by atoms with E-state index in [-0.39, 0.29) is 10.7 Å². The Hall–Kier alpha value is -3.83. The second-order valence-electron chi connectivity index (χ2n) is 7.78. The van der Waals surface area contributed by atoms with E-state index in [1.165, 1.54) is 28.8 Å². The molecule has 0 atom stereocenters. The van der Waals surface area contributed by atoms with E-state index < -0.39 is 0 Å². The molecule has 1 aliphatic carbocycles. The van der Waals surface area contributed by atoms with Crippen molar-refractivity contribution in [3.8, 4) is 18.0 Å². The summed E-state index contributed by atoms with van der Waals surface area (Å²) in [6, 6.07) is 15.3. The predicted octanol–water partition coefficient (Wildman–Crippen LogP) is 3.53. The lowest BCUT2D eigenvalue weighted by molar-refractivity contribution is -0.667. The summed E-state index contributed by atoms with van der Waals surface area (Å²) in [5, 5.41) is 14.3. The summed E-state index contributed by atoms with van der Waals surface area (Å²) in [6.07, 6.45) is 10.1. The third kappa shape index (κ3) is 3.57. The highest BCUT2D eigenvalue weighted by atomic mass is 32.1. The van der Waals surface area contributed by atoms with Gasteiger partial charge in [-0.15, -0.1) is 6.42 Å². The smallest absolute Gasteiger partial charge is 0.257 e. The minimum atomic E-state index is -0.245. The van der Waals surface area contributed by atoms with Gasteiger partial charge in [0, 0.05) is 29.1 Å². The van der Waals surface area contributed by atoms with Crippen molar-refractivity contribution in [1.29, 1.82) is 0 Å². The molecular formula is C24H21N6OS+. The summed E-state index contributed by atoms with van der Waals surface area (Å²) in [6.45, 7) is 0.539. The number of nitrogens with one attached hydrogen (secondary N) is 2. The Balaban J connectivity index is 1.52. The normalized spacial score (nSPS) is 12.8. The molecule has 7 nitrogen and oxygen atoms in total. The van der Waals surface area contributed by atoms with Crippen molar-refractivity contribution in [2.45, 2.75) is 32.2 Å². The molecule has 8 heteroatoms. The molecule has 0 radical (unpaired) electrons. The number of hydrogen-bond donors (Lipinski definition) is 2. The number of pyridine rings is 1. The van der Waals surface area contributed by atoms with Crippen molar-refractivity contribution in [2.75, 3.05) is 5.32 Å². The second-order valence-corrected chi connectivity index (χ2v) is 8.14. The molecule has 0 unspecified atom stereocenters. The molecule has 1 amide bonds. The zero-order valence-corrected chi connectivity index (χ0v) is 18.2. The number of carbonyl (C=O) groups excluding carboxylic acids is 1. The minimum absolute atomic E-state index is 0.245. The maximum absolute atomic E-state index is 13.1. The van der Waals surface area contributed by atoms with Gasteiger partial charge in [-0.1, -0.05) is 22.4 Å². The Kier molecular flexibility index (Phi) is 5.25. The number of H-pyrrole nitrogens is 1. The average Bonchev–Trinajstić information content (AvgIpc) is 3.24. The lowest BCUT2D eigenvalue weighted by Gasteiger charge is -2.16. The van der Waals surface area contributed by atoms with Crippen LogP contribution in [0.15, 0.2) is 48.5 Å².